The average Bonchev–Trinajstić information content (AvgIpc) is 2.67. The summed E-state index contributed by atoms with van der Waals surface area (Å²) in [5, 5.41) is 12.0. The van der Waals surface area contributed by atoms with E-state index in [4.69, 9.17) is 26.3 Å². The number of esters is 1. The molecule has 2 rings (SSSR count). The first-order chi connectivity index (χ1) is 12.5. The van der Waals surface area contributed by atoms with Gasteiger partial charge in [0.2, 0.25) is 0 Å². The van der Waals surface area contributed by atoms with Crippen molar-refractivity contribution in [3.63, 3.8) is 0 Å². The number of nitrogens with zero attached hydrogens (tertiary/aromatic N) is 1. The molecule has 2 aromatic rings. The fraction of sp³-hybridized carbons (Fsp3) is 0.167. The van der Waals surface area contributed by atoms with Crippen LogP contribution in [0.4, 0.5) is 5.69 Å². The number of hydrogen-bond acceptors (Lipinski definition) is 6. The van der Waals surface area contributed by atoms with E-state index in [1.54, 1.807) is 18.2 Å². The van der Waals surface area contributed by atoms with E-state index in [0.29, 0.717) is 16.5 Å². The molecule has 1 N–H and O–H groups in total. The summed E-state index contributed by atoms with van der Waals surface area (Å²) < 4.78 is 15.0. The number of rotatable bonds is 6. The van der Waals surface area contributed by atoms with Crippen molar-refractivity contribution in [1.29, 1.82) is 5.26 Å². The van der Waals surface area contributed by atoms with Gasteiger partial charge < -0.3 is 19.5 Å². The first kappa shape index (κ1) is 19.1. The summed E-state index contributed by atoms with van der Waals surface area (Å²) in [6.45, 7) is -0.319. The highest BCUT2D eigenvalue weighted by Crippen LogP contribution is 2.28. The molecule has 0 atom stereocenters. The standard InChI is InChI=1S/C18H15ClN2O5/c1-24-15-6-3-11(8-16(15)26-10-17(22)25-2)18(23)21-13-4-5-14(19)12(7-13)9-20/h3-8H,10H2,1-2H3,(H,21,23). The van der Waals surface area contributed by atoms with Crippen LogP contribution in [0.1, 0.15) is 15.9 Å². The van der Waals surface area contributed by atoms with Gasteiger partial charge in [-0.05, 0) is 36.4 Å². The number of amides is 1. The van der Waals surface area contributed by atoms with E-state index < -0.39 is 11.9 Å². The molecule has 0 aliphatic carbocycles. The molecule has 134 valence electrons. The molecule has 7 nitrogen and oxygen atoms in total. The Labute approximate surface area is 155 Å². The van der Waals surface area contributed by atoms with E-state index in [9.17, 15) is 9.59 Å². The van der Waals surface area contributed by atoms with Crippen LogP contribution in [0.2, 0.25) is 5.02 Å². The van der Waals surface area contributed by atoms with E-state index in [1.807, 2.05) is 6.07 Å². The van der Waals surface area contributed by atoms with Crippen molar-refractivity contribution in [2.45, 2.75) is 0 Å². The molecule has 0 bridgehead atoms. The minimum Gasteiger partial charge on any atom is -0.493 e. The zero-order chi connectivity index (χ0) is 19.1. The Bertz CT molecular complexity index is 876. The molecule has 0 aliphatic rings. The molecule has 0 saturated carbocycles. The van der Waals surface area contributed by atoms with Gasteiger partial charge in [-0.1, -0.05) is 11.6 Å². The highest BCUT2D eigenvalue weighted by Gasteiger charge is 2.13. The maximum Gasteiger partial charge on any atom is 0.343 e. The third-order valence-electron chi connectivity index (χ3n) is 3.34. The maximum absolute atomic E-state index is 12.4. The van der Waals surface area contributed by atoms with Crippen LogP contribution in [-0.4, -0.2) is 32.7 Å². The maximum atomic E-state index is 12.4. The number of halogens is 1. The molecule has 0 saturated heterocycles. The van der Waals surface area contributed by atoms with Crippen LogP contribution in [0.25, 0.3) is 0 Å². The van der Waals surface area contributed by atoms with Crippen molar-refractivity contribution in [1.82, 2.24) is 0 Å². The second-order valence-corrected chi connectivity index (χ2v) is 5.40. The van der Waals surface area contributed by atoms with Gasteiger partial charge in [0, 0.05) is 11.3 Å². The van der Waals surface area contributed by atoms with Crippen molar-refractivity contribution in [2.24, 2.45) is 0 Å². The zero-order valence-electron chi connectivity index (χ0n) is 14.0. The van der Waals surface area contributed by atoms with Gasteiger partial charge in [0.25, 0.3) is 5.91 Å². The third-order valence-corrected chi connectivity index (χ3v) is 3.67. The van der Waals surface area contributed by atoms with E-state index in [0.717, 1.165) is 0 Å². The highest BCUT2D eigenvalue weighted by atomic mass is 35.5. The molecule has 26 heavy (non-hydrogen) atoms. The first-order valence-corrected chi connectivity index (χ1v) is 7.75. The SMILES string of the molecule is COC(=O)COc1cc(C(=O)Nc2ccc(Cl)c(C#N)c2)ccc1OC. The molecule has 0 spiro atoms. The summed E-state index contributed by atoms with van der Waals surface area (Å²) in [5.74, 6) is -0.406. The highest BCUT2D eigenvalue weighted by molar-refractivity contribution is 6.31. The molecule has 0 fully saturated rings. The summed E-state index contributed by atoms with van der Waals surface area (Å²) in [7, 11) is 2.69. The molecule has 0 unspecified atom stereocenters. The Morgan fingerprint density at radius 3 is 2.58 bits per heavy atom. The Morgan fingerprint density at radius 1 is 1.15 bits per heavy atom. The van der Waals surface area contributed by atoms with E-state index in [1.165, 1.54) is 32.4 Å². The smallest absolute Gasteiger partial charge is 0.343 e. The molecular formula is C18H15ClN2O5. The van der Waals surface area contributed by atoms with Gasteiger partial charge in [-0.25, -0.2) is 4.79 Å². The van der Waals surface area contributed by atoms with E-state index in [-0.39, 0.29) is 23.5 Å². The number of ether oxygens (including phenoxy) is 3. The Balaban J connectivity index is 2.20. The van der Waals surface area contributed by atoms with Gasteiger partial charge in [-0.2, -0.15) is 5.26 Å². The summed E-state index contributed by atoms with van der Waals surface area (Å²) in [4.78, 5) is 23.7. The molecule has 0 aliphatic heterocycles. The van der Waals surface area contributed by atoms with Crippen LogP contribution in [0.15, 0.2) is 36.4 Å². The van der Waals surface area contributed by atoms with Crippen molar-refractivity contribution in [3.05, 3.63) is 52.5 Å². The number of hydrogen-bond donors (Lipinski definition) is 1. The lowest BCUT2D eigenvalue weighted by Crippen LogP contribution is -2.15. The van der Waals surface area contributed by atoms with Gasteiger partial charge in [0.1, 0.15) is 6.07 Å². The molecule has 1 amide bonds. The number of carbonyl (C=O) groups is 2. The van der Waals surface area contributed by atoms with Crippen molar-refractivity contribution < 1.29 is 23.8 Å². The largest absolute Gasteiger partial charge is 0.493 e. The van der Waals surface area contributed by atoms with E-state index >= 15 is 0 Å². The fourth-order valence-electron chi connectivity index (χ4n) is 2.02. The number of benzene rings is 2. The second kappa shape index (κ2) is 8.74. The lowest BCUT2D eigenvalue weighted by molar-refractivity contribution is -0.142. The number of methoxy groups -OCH3 is 2. The third kappa shape index (κ3) is 4.65. The molecule has 0 aromatic heterocycles. The molecular weight excluding hydrogens is 360 g/mol. The van der Waals surface area contributed by atoms with E-state index in [2.05, 4.69) is 10.1 Å². The lowest BCUT2D eigenvalue weighted by Gasteiger charge is -2.12. The quantitative estimate of drug-likeness (QED) is 0.780. The number of carbonyl (C=O) groups excluding carboxylic acids is 2. The Hall–Kier alpha value is -3.24. The number of nitrogens with one attached hydrogen (secondary N) is 1. The second-order valence-electron chi connectivity index (χ2n) is 4.99. The van der Waals surface area contributed by atoms with Gasteiger partial charge in [0.15, 0.2) is 18.1 Å². The minimum absolute atomic E-state index is 0.222. The number of nitriles is 1. The summed E-state index contributed by atoms with van der Waals surface area (Å²) in [6.07, 6.45) is 0. The van der Waals surface area contributed by atoms with Crippen molar-refractivity contribution >= 4 is 29.2 Å². The normalized spacial score (nSPS) is 9.77. The lowest BCUT2D eigenvalue weighted by atomic mass is 10.1. The summed E-state index contributed by atoms with van der Waals surface area (Å²) in [6, 6.07) is 11.0. The van der Waals surface area contributed by atoms with Crippen molar-refractivity contribution in [2.75, 3.05) is 26.1 Å². The zero-order valence-corrected chi connectivity index (χ0v) is 14.8. The summed E-state index contributed by atoms with van der Waals surface area (Å²) in [5.41, 5.74) is 0.948. The van der Waals surface area contributed by atoms with Gasteiger partial charge in [-0.15, -0.1) is 0 Å². The summed E-state index contributed by atoms with van der Waals surface area (Å²) >= 11 is 5.87. The predicted molar refractivity (Wildman–Crippen MR) is 94.6 cm³/mol. The van der Waals surface area contributed by atoms with Crippen molar-refractivity contribution in [3.8, 4) is 17.6 Å². The number of anilines is 1. The molecule has 0 radical (unpaired) electrons. The van der Waals surface area contributed by atoms with Crippen LogP contribution < -0.4 is 14.8 Å². The van der Waals surface area contributed by atoms with Gasteiger partial charge in [-0.3, -0.25) is 4.79 Å². The van der Waals surface area contributed by atoms with Gasteiger partial charge >= 0.3 is 5.97 Å². The first-order valence-electron chi connectivity index (χ1n) is 7.37. The monoisotopic (exact) mass is 374 g/mol. The molecule has 2 aromatic carbocycles. The molecule has 0 heterocycles. The van der Waals surface area contributed by atoms with Crippen LogP contribution in [-0.2, 0) is 9.53 Å². The topological polar surface area (TPSA) is 97.6 Å². The Kier molecular flexibility index (Phi) is 6.42. The minimum atomic E-state index is -0.563. The van der Waals surface area contributed by atoms with Crippen LogP contribution in [0.5, 0.6) is 11.5 Å². The molecule has 8 heteroatoms. The van der Waals surface area contributed by atoms with Crippen LogP contribution in [0.3, 0.4) is 0 Å². The fourth-order valence-corrected chi connectivity index (χ4v) is 2.18. The predicted octanol–water partition coefficient (Wildman–Crippen LogP) is 3.02. The van der Waals surface area contributed by atoms with Crippen LogP contribution in [0, 0.1) is 11.3 Å². The average molecular weight is 375 g/mol. The van der Waals surface area contributed by atoms with Crippen LogP contribution >= 0.6 is 11.6 Å². The Morgan fingerprint density at radius 2 is 1.92 bits per heavy atom. The van der Waals surface area contributed by atoms with Gasteiger partial charge in [0.05, 0.1) is 24.8 Å².